The number of nitrogens with one attached hydrogen (secondary N) is 2. The second-order valence-corrected chi connectivity index (χ2v) is 10.4. The number of aromatic nitrogens is 5. The minimum atomic E-state index is -0.463. The number of H-pyrrole nitrogens is 1. The van der Waals surface area contributed by atoms with Crippen molar-refractivity contribution in [1.82, 2.24) is 30.9 Å². The largest absolute Gasteiger partial charge is 0.455 e. The Balaban J connectivity index is 1.26. The number of ether oxygens (including phenoxy) is 1. The van der Waals surface area contributed by atoms with Crippen molar-refractivity contribution >= 4 is 46.4 Å². The van der Waals surface area contributed by atoms with Gasteiger partial charge in [-0.15, -0.1) is 5.10 Å². The van der Waals surface area contributed by atoms with Crippen LogP contribution < -0.4 is 19.9 Å². The van der Waals surface area contributed by atoms with Gasteiger partial charge in [0.15, 0.2) is 5.82 Å². The molecule has 0 unspecified atom stereocenters. The van der Waals surface area contributed by atoms with Crippen molar-refractivity contribution in [1.29, 1.82) is 0 Å². The predicted molar refractivity (Wildman–Crippen MR) is 149 cm³/mol. The summed E-state index contributed by atoms with van der Waals surface area (Å²) in [5.41, 5.74) is 3.00. The summed E-state index contributed by atoms with van der Waals surface area (Å²) in [6.45, 7) is 3.18. The first-order chi connectivity index (χ1) is 19.4. The monoisotopic (exact) mass is 578 g/mol. The number of carbonyl (C=O) groups excluding carboxylic acids is 2. The van der Waals surface area contributed by atoms with Crippen molar-refractivity contribution in [2.75, 3.05) is 22.9 Å². The van der Waals surface area contributed by atoms with E-state index in [1.165, 1.54) is 31.2 Å². The zero-order chi connectivity index (χ0) is 27.8. The molecule has 3 heterocycles. The second-order valence-electron chi connectivity index (χ2n) is 9.59. The summed E-state index contributed by atoms with van der Waals surface area (Å²) >= 11 is 13.0. The van der Waals surface area contributed by atoms with Gasteiger partial charge in [0.1, 0.15) is 17.1 Å². The third-order valence-corrected chi connectivity index (χ3v) is 7.41. The number of amides is 2. The van der Waals surface area contributed by atoms with Crippen LogP contribution in [0.5, 0.6) is 11.5 Å². The third-order valence-electron chi connectivity index (χ3n) is 6.80. The highest BCUT2D eigenvalue weighted by atomic mass is 35.5. The van der Waals surface area contributed by atoms with Crippen LogP contribution in [0.2, 0.25) is 10.0 Å². The Morgan fingerprint density at radius 1 is 1.05 bits per heavy atom. The number of halogens is 2. The van der Waals surface area contributed by atoms with Crippen LogP contribution in [0, 0.1) is 6.92 Å². The maximum Gasteiger partial charge on any atom is 0.263 e. The van der Waals surface area contributed by atoms with Gasteiger partial charge in [0.05, 0.1) is 33.5 Å². The zero-order valence-corrected chi connectivity index (χ0v) is 22.9. The Hall–Kier alpha value is -4.22. The van der Waals surface area contributed by atoms with E-state index in [1.54, 1.807) is 17.9 Å². The summed E-state index contributed by atoms with van der Waals surface area (Å²) in [6, 6.07) is 13.0. The van der Waals surface area contributed by atoms with E-state index >= 15 is 0 Å². The van der Waals surface area contributed by atoms with Gasteiger partial charge in [0.25, 0.3) is 11.8 Å². The number of hydrogen-bond acceptors (Lipinski definition) is 8. The summed E-state index contributed by atoms with van der Waals surface area (Å²) in [5.74, 6) is 0.172. The maximum atomic E-state index is 13.9. The fourth-order valence-corrected chi connectivity index (χ4v) is 5.14. The lowest BCUT2D eigenvalue weighted by Gasteiger charge is -2.38. The van der Waals surface area contributed by atoms with Crippen molar-refractivity contribution in [3.63, 3.8) is 0 Å². The maximum absolute atomic E-state index is 13.9. The predicted octanol–water partition coefficient (Wildman–Crippen LogP) is 4.56. The Labute approximate surface area is 239 Å². The molecule has 2 aromatic carbocycles. The summed E-state index contributed by atoms with van der Waals surface area (Å²) < 4.78 is 6.15. The number of aryl methyl sites for hydroxylation is 1. The van der Waals surface area contributed by atoms with Gasteiger partial charge in [-0.1, -0.05) is 35.3 Å². The zero-order valence-electron chi connectivity index (χ0n) is 21.4. The molecule has 2 N–H and O–H groups in total. The fraction of sp³-hybridized carbons (Fsp3) is 0.259. The van der Waals surface area contributed by atoms with Crippen LogP contribution in [0.3, 0.4) is 0 Å². The molecule has 0 spiro atoms. The number of carbonyl (C=O) groups is 2. The third kappa shape index (κ3) is 5.17. The Morgan fingerprint density at radius 3 is 2.60 bits per heavy atom. The van der Waals surface area contributed by atoms with Crippen LogP contribution in [0.1, 0.15) is 45.1 Å². The van der Waals surface area contributed by atoms with Crippen LogP contribution in [0.4, 0.5) is 11.4 Å². The Bertz CT molecular complexity index is 1590. The molecule has 6 rings (SSSR count). The van der Waals surface area contributed by atoms with E-state index < -0.39 is 5.91 Å². The molecule has 2 aliphatic rings. The summed E-state index contributed by atoms with van der Waals surface area (Å²) in [7, 11) is 0. The number of pyridine rings is 1. The Kier molecular flexibility index (Phi) is 6.99. The molecule has 11 nitrogen and oxygen atoms in total. The van der Waals surface area contributed by atoms with E-state index in [2.05, 4.69) is 41.9 Å². The van der Waals surface area contributed by atoms with Gasteiger partial charge in [-0.3, -0.25) is 14.6 Å². The molecule has 0 atom stereocenters. The van der Waals surface area contributed by atoms with E-state index in [4.69, 9.17) is 27.9 Å². The van der Waals surface area contributed by atoms with Gasteiger partial charge in [-0.2, -0.15) is 0 Å². The smallest absolute Gasteiger partial charge is 0.263 e. The molecule has 204 valence electrons. The topological polar surface area (TPSA) is 129 Å². The fourth-order valence-electron chi connectivity index (χ4n) is 4.70. The average Bonchev–Trinajstić information content (AvgIpc) is 3.66. The van der Waals surface area contributed by atoms with E-state index in [0.29, 0.717) is 24.1 Å². The second kappa shape index (κ2) is 10.7. The quantitative estimate of drug-likeness (QED) is 0.326. The van der Waals surface area contributed by atoms with Crippen molar-refractivity contribution in [3.8, 4) is 11.5 Å². The number of anilines is 2. The van der Waals surface area contributed by atoms with Crippen LogP contribution in [-0.2, 0) is 6.54 Å². The molecule has 2 amide bonds. The van der Waals surface area contributed by atoms with E-state index in [1.807, 2.05) is 18.2 Å². The number of para-hydroxylation sites is 2. The van der Waals surface area contributed by atoms with Crippen molar-refractivity contribution in [3.05, 3.63) is 81.4 Å². The normalized spacial score (nSPS) is 14.6. The lowest BCUT2D eigenvalue weighted by Crippen LogP contribution is -2.45. The molecule has 1 aliphatic carbocycles. The number of nitrogens with zero attached hydrogens (tertiary/aromatic N) is 6. The van der Waals surface area contributed by atoms with Crippen LogP contribution in [0.15, 0.2) is 48.7 Å². The molecule has 40 heavy (non-hydrogen) atoms. The van der Waals surface area contributed by atoms with Crippen molar-refractivity contribution in [2.24, 2.45) is 0 Å². The molecule has 0 saturated heterocycles. The number of benzene rings is 2. The van der Waals surface area contributed by atoms with Crippen molar-refractivity contribution in [2.45, 2.75) is 32.4 Å². The highest BCUT2D eigenvalue weighted by Gasteiger charge is 2.36. The number of rotatable bonds is 7. The average molecular weight is 579 g/mol. The first kappa shape index (κ1) is 26.0. The number of aromatic amines is 1. The van der Waals surface area contributed by atoms with Crippen LogP contribution >= 0.6 is 23.2 Å². The molecule has 0 radical (unpaired) electrons. The molecular weight excluding hydrogens is 555 g/mol. The highest BCUT2D eigenvalue weighted by Crippen LogP contribution is 2.41. The van der Waals surface area contributed by atoms with Crippen LogP contribution in [0.25, 0.3) is 0 Å². The highest BCUT2D eigenvalue weighted by molar-refractivity contribution is 6.36. The number of hydrogen-bond donors (Lipinski definition) is 2. The van der Waals surface area contributed by atoms with Gasteiger partial charge >= 0.3 is 0 Å². The lowest BCUT2D eigenvalue weighted by molar-refractivity contribution is 0.0948. The summed E-state index contributed by atoms with van der Waals surface area (Å²) in [5, 5.41) is 16.2. The molecule has 13 heteroatoms. The first-order valence-corrected chi connectivity index (χ1v) is 13.5. The van der Waals surface area contributed by atoms with Crippen molar-refractivity contribution < 1.29 is 14.3 Å². The van der Waals surface area contributed by atoms with E-state index in [9.17, 15) is 9.59 Å². The molecule has 2 aromatic heterocycles. The molecule has 1 saturated carbocycles. The molecule has 1 aliphatic heterocycles. The van der Waals surface area contributed by atoms with Gasteiger partial charge in [-0.25, -0.2) is 5.10 Å². The van der Waals surface area contributed by atoms with Gasteiger partial charge in [0.2, 0.25) is 0 Å². The minimum Gasteiger partial charge on any atom is -0.455 e. The van der Waals surface area contributed by atoms with Gasteiger partial charge in [-0.05, 0) is 48.4 Å². The standard InChI is InChI=1S/C27H24Cl2N8O3/c1-15-10-23(40-24-12-19(28)17(11-20(24)29)26(38)31-14-25-32-34-35-33-25)18(13-30-15)27(39)37-9-8-36(16-6-7-16)21-4-2-3-5-22(21)37/h2-5,10-13,16H,6-9,14H2,1H3,(H,31,38)(H,32,33,34,35). The minimum absolute atomic E-state index is 0.0812. The van der Waals surface area contributed by atoms with E-state index in [-0.39, 0.29) is 45.1 Å². The number of tetrazole rings is 1. The van der Waals surface area contributed by atoms with Gasteiger partial charge < -0.3 is 19.9 Å². The molecule has 0 bridgehead atoms. The van der Waals surface area contributed by atoms with Gasteiger partial charge in [0, 0.05) is 43.2 Å². The molecule has 1 fully saturated rings. The lowest BCUT2D eigenvalue weighted by atomic mass is 10.1. The first-order valence-electron chi connectivity index (χ1n) is 12.7. The molecule has 4 aromatic rings. The SMILES string of the molecule is Cc1cc(Oc2cc(Cl)c(C(=O)NCc3nnn[nH]3)cc2Cl)c(C(=O)N2CCN(C3CC3)c3ccccc32)cn1. The Morgan fingerprint density at radius 2 is 1.85 bits per heavy atom. The summed E-state index contributed by atoms with van der Waals surface area (Å²) in [6.07, 6.45) is 3.86. The van der Waals surface area contributed by atoms with Crippen LogP contribution in [-0.4, -0.2) is 56.6 Å². The molecular formula is C27H24Cl2N8O3. The summed E-state index contributed by atoms with van der Waals surface area (Å²) in [4.78, 5) is 35.1. The number of fused-ring (bicyclic) bond motifs is 1. The van der Waals surface area contributed by atoms with E-state index in [0.717, 1.165) is 17.9 Å².